The summed E-state index contributed by atoms with van der Waals surface area (Å²) in [5, 5.41) is 3.93. The Kier molecular flexibility index (Phi) is 6.82. The predicted octanol–water partition coefficient (Wildman–Crippen LogP) is 6.20. The highest BCUT2D eigenvalue weighted by Crippen LogP contribution is 2.42. The van der Waals surface area contributed by atoms with Crippen molar-refractivity contribution >= 4 is 34.8 Å². The minimum absolute atomic E-state index is 0.0254. The number of amides is 1. The van der Waals surface area contributed by atoms with E-state index in [1.165, 1.54) is 0 Å². The van der Waals surface area contributed by atoms with Crippen molar-refractivity contribution in [2.45, 2.75) is 44.7 Å². The van der Waals surface area contributed by atoms with Crippen molar-refractivity contribution in [1.29, 1.82) is 0 Å². The Morgan fingerprint density at radius 2 is 1.87 bits per heavy atom. The van der Waals surface area contributed by atoms with Gasteiger partial charge in [0.1, 0.15) is 0 Å². The van der Waals surface area contributed by atoms with Crippen LogP contribution in [0.25, 0.3) is 0 Å². The molecule has 1 aromatic carbocycles. The normalized spacial score (nSPS) is 19.5. The lowest BCUT2D eigenvalue weighted by atomic mass is 9.78. The van der Waals surface area contributed by atoms with Gasteiger partial charge in [-0.15, -0.1) is 0 Å². The van der Waals surface area contributed by atoms with Crippen LogP contribution < -0.4 is 11.1 Å². The molecule has 0 aliphatic heterocycles. The second-order valence-corrected chi connectivity index (χ2v) is 8.46. The van der Waals surface area contributed by atoms with E-state index in [0.717, 1.165) is 42.9 Å². The summed E-state index contributed by atoms with van der Waals surface area (Å²) in [5.74, 6) is -0.748. The lowest BCUT2D eigenvalue weighted by Gasteiger charge is -2.30. The van der Waals surface area contributed by atoms with Gasteiger partial charge in [0.2, 0.25) is 5.91 Å². The number of nitrogens with two attached hydrogens (primary N) is 1. The average molecular weight is 460 g/mol. The summed E-state index contributed by atoms with van der Waals surface area (Å²) in [6.45, 7) is 2.55. The summed E-state index contributed by atoms with van der Waals surface area (Å²) in [4.78, 5) is 15.8. The fraction of sp³-hybridized carbons (Fsp3) is 0.429. The first-order chi connectivity index (χ1) is 14.1. The Morgan fingerprint density at radius 3 is 2.43 bits per heavy atom. The Morgan fingerprint density at radius 1 is 1.20 bits per heavy atom. The number of nitrogens with zero attached hydrogens (tertiary/aromatic N) is 1. The number of carbonyl (C=O) groups excluding carboxylic acids is 1. The van der Waals surface area contributed by atoms with Crippen molar-refractivity contribution in [3.05, 3.63) is 56.8 Å². The minimum atomic E-state index is -4.58. The number of pyridine rings is 1. The third-order valence-corrected chi connectivity index (χ3v) is 6.40. The zero-order valence-electron chi connectivity index (χ0n) is 16.3. The van der Waals surface area contributed by atoms with E-state index in [0.29, 0.717) is 29.3 Å². The highest BCUT2D eigenvalue weighted by atomic mass is 35.5. The molecule has 2 aromatic rings. The molecular formula is C21H22Cl2F3N3O. The predicted molar refractivity (Wildman–Crippen MR) is 112 cm³/mol. The molecular weight excluding hydrogens is 438 g/mol. The molecule has 30 heavy (non-hydrogen) atoms. The first-order valence-electron chi connectivity index (χ1n) is 9.62. The first-order valence-corrected chi connectivity index (χ1v) is 10.4. The van der Waals surface area contributed by atoms with Crippen molar-refractivity contribution in [2.75, 3.05) is 11.9 Å². The van der Waals surface area contributed by atoms with Gasteiger partial charge in [-0.1, -0.05) is 23.2 Å². The summed E-state index contributed by atoms with van der Waals surface area (Å²) >= 11 is 12.4. The van der Waals surface area contributed by atoms with E-state index in [-0.39, 0.29) is 16.5 Å². The topological polar surface area (TPSA) is 68.0 Å². The van der Waals surface area contributed by atoms with Crippen molar-refractivity contribution in [1.82, 2.24) is 4.98 Å². The first kappa shape index (κ1) is 22.7. The van der Waals surface area contributed by atoms with Crippen LogP contribution in [0.1, 0.15) is 58.8 Å². The van der Waals surface area contributed by atoms with E-state index < -0.39 is 17.6 Å². The van der Waals surface area contributed by atoms with E-state index in [9.17, 15) is 18.0 Å². The van der Waals surface area contributed by atoms with Crippen LogP contribution in [0.5, 0.6) is 0 Å². The van der Waals surface area contributed by atoms with Gasteiger partial charge < -0.3 is 11.1 Å². The Bertz CT molecular complexity index is 942. The monoisotopic (exact) mass is 459 g/mol. The van der Waals surface area contributed by atoms with Gasteiger partial charge in [0.25, 0.3) is 0 Å². The van der Waals surface area contributed by atoms with Gasteiger partial charge >= 0.3 is 6.18 Å². The molecule has 1 heterocycles. The molecule has 3 rings (SSSR count). The SMILES string of the molecule is Cc1ncc(NCC2CCC(c3cc(C(F)(F)F)cc(C(N)=O)c3Cl)CC2)cc1Cl. The standard InChI is InChI=1S/C21H22Cl2F3N3O/c1-11-18(22)8-15(10-28-11)29-9-12-2-4-13(5-3-12)16-6-14(21(24,25)26)7-17(19(16)23)20(27)30/h6-8,10,12-13,29H,2-5,9H2,1H3,(H2,27,30). The number of alkyl halides is 3. The molecule has 0 spiro atoms. The van der Waals surface area contributed by atoms with Crippen LogP contribution in [0.2, 0.25) is 10.0 Å². The van der Waals surface area contributed by atoms with E-state index in [1.807, 2.05) is 13.0 Å². The minimum Gasteiger partial charge on any atom is -0.383 e. The smallest absolute Gasteiger partial charge is 0.383 e. The molecule has 4 nitrogen and oxygen atoms in total. The molecule has 1 aliphatic carbocycles. The lowest BCUT2D eigenvalue weighted by Crippen LogP contribution is -2.22. The number of aryl methyl sites for hydroxylation is 1. The van der Waals surface area contributed by atoms with Crippen LogP contribution in [0, 0.1) is 12.8 Å². The third-order valence-electron chi connectivity index (χ3n) is 5.60. The van der Waals surface area contributed by atoms with Crippen molar-refractivity contribution in [3.63, 3.8) is 0 Å². The molecule has 1 fully saturated rings. The molecule has 1 aromatic heterocycles. The quantitative estimate of drug-likeness (QED) is 0.558. The summed E-state index contributed by atoms with van der Waals surface area (Å²) in [7, 11) is 0. The number of anilines is 1. The van der Waals surface area contributed by atoms with Crippen LogP contribution in [-0.2, 0) is 6.18 Å². The summed E-state index contributed by atoms with van der Waals surface area (Å²) in [6.07, 6.45) is 0.151. The number of benzene rings is 1. The van der Waals surface area contributed by atoms with Crippen LogP contribution in [0.4, 0.5) is 18.9 Å². The van der Waals surface area contributed by atoms with Crippen LogP contribution in [0.15, 0.2) is 24.4 Å². The third kappa shape index (κ3) is 5.19. The number of halogens is 5. The number of nitrogens with one attached hydrogen (secondary N) is 1. The second kappa shape index (κ2) is 9.02. The summed E-state index contributed by atoms with van der Waals surface area (Å²) in [6, 6.07) is 3.60. The Balaban J connectivity index is 1.69. The fourth-order valence-electron chi connectivity index (χ4n) is 3.83. The van der Waals surface area contributed by atoms with Crippen molar-refractivity contribution < 1.29 is 18.0 Å². The van der Waals surface area contributed by atoms with Crippen LogP contribution in [0.3, 0.4) is 0 Å². The zero-order valence-corrected chi connectivity index (χ0v) is 17.8. The maximum atomic E-state index is 13.3. The largest absolute Gasteiger partial charge is 0.416 e. The Hall–Kier alpha value is -1.99. The summed E-state index contributed by atoms with van der Waals surface area (Å²) < 4.78 is 39.8. The van der Waals surface area contributed by atoms with Crippen molar-refractivity contribution in [2.24, 2.45) is 11.7 Å². The van der Waals surface area contributed by atoms with Gasteiger partial charge in [0, 0.05) is 6.54 Å². The zero-order chi connectivity index (χ0) is 22.1. The molecule has 3 N–H and O–H groups in total. The maximum Gasteiger partial charge on any atom is 0.416 e. The molecule has 1 amide bonds. The molecule has 1 aliphatic rings. The number of rotatable bonds is 5. The molecule has 9 heteroatoms. The Labute approximate surface area is 183 Å². The van der Waals surface area contributed by atoms with E-state index in [1.54, 1.807) is 6.20 Å². The number of aromatic nitrogens is 1. The summed E-state index contributed by atoms with van der Waals surface area (Å²) in [5.41, 5.74) is 6.01. The van der Waals surface area contributed by atoms with Gasteiger partial charge in [-0.3, -0.25) is 9.78 Å². The maximum absolute atomic E-state index is 13.3. The molecule has 0 unspecified atom stereocenters. The van der Waals surface area contributed by atoms with Gasteiger partial charge in [-0.2, -0.15) is 13.2 Å². The van der Waals surface area contributed by atoms with Gasteiger partial charge in [-0.25, -0.2) is 0 Å². The number of primary amides is 1. The highest BCUT2D eigenvalue weighted by Gasteiger charge is 2.34. The molecule has 1 saturated carbocycles. The molecule has 162 valence electrons. The van der Waals surface area contributed by atoms with Gasteiger partial charge in [-0.05, 0) is 68.2 Å². The van der Waals surface area contributed by atoms with Crippen LogP contribution >= 0.6 is 23.2 Å². The molecule has 0 bridgehead atoms. The van der Waals surface area contributed by atoms with Gasteiger partial charge in [0.15, 0.2) is 0 Å². The molecule has 0 radical (unpaired) electrons. The van der Waals surface area contributed by atoms with Crippen LogP contribution in [-0.4, -0.2) is 17.4 Å². The number of carbonyl (C=O) groups is 1. The second-order valence-electron chi connectivity index (χ2n) is 7.68. The number of hydrogen-bond donors (Lipinski definition) is 2. The van der Waals surface area contributed by atoms with Gasteiger partial charge in [0.05, 0.1) is 38.8 Å². The van der Waals surface area contributed by atoms with Crippen molar-refractivity contribution in [3.8, 4) is 0 Å². The fourth-order valence-corrected chi connectivity index (χ4v) is 4.35. The highest BCUT2D eigenvalue weighted by molar-refractivity contribution is 6.34. The van der Waals surface area contributed by atoms with E-state index in [2.05, 4.69) is 10.3 Å². The average Bonchev–Trinajstić information content (AvgIpc) is 2.68. The van der Waals surface area contributed by atoms with E-state index in [4.69, 9.17) is 28.9 Å². The molecule has 0 atom stereocenters. The number of hydrogen-bond acceptors (Lipinski definition) is 3. The van der Waals surface area contributed by atoms with E-state index >= 15 is 0 Å². The molecule has 0 saturated heterocycles. The lowest BCUT2D eigenvalue weighted by molar-refractivity contribution is -0.137.